The molecule has 0 atom stereocenters. The van der Waals surface area contributed by atoms with E-state index in [2.05, 4.69) is 57.1 Å². The van der Waals surface area contributed by atoms with Gasteiger partial charge in [-0.15, -0.1) is 0 Å². The van der Waals surface area contributed by atoms with Crippen molar-refractivity contribution < 1.29 is 0 Å². The van der Waals surface area contributed by atoms with E-state index in [1.807, 2.05) is 12.3 Å². The Bertz CT molecular complexity index is 875. The van der Waals surface area contributed by atoms with Gasteiger partial charge in [0.05, 0.1) is 4.70 Å². The number of fused-ring (bicyclic) bond motifs is 2. The molecule has 2 aromatic heterocycles. The van der Waals surface area contributed by atoms with Gasteiger partial charge < -0.3 is 10.3 Å². The van der Waals surface area contributed by atoms with Crippen LogP contribution in [0.15, 0.2) is 54.7 Å². The van der Waals surface area contributed by atoms with Gasteiger partial charge in [0.2, 0.25) is 0 Å². The molecule has 3 nitrogen and oxygen atoms in total. The van der Waals surface area contributed by atoms with Gasteiger partial charge in [0.25, 0.3) is 0 Å². The van der Waals surface area contributed by atoms with Crippen LogP contribution >= 0.6 is 11.5 Å². The summed E-state index contributed by atoms with van der Waals surface area (Å²) in [5.41, 5.74) is 2.45. The highest BCUT2D eigenvalue weighted by molar-refractivity contribution is 7.13. The quantitative estimate of drug-likeness (QED) is 0.584. The first-order chi connectivity index (χ1) is 9.92. The minimum absolute atomic E-state index is 0.781. The van der Waals surface area contributed by atoms with Gasteiger partial charge in [-0.1, -0.05) is 24.3 Å². The molecule has 0 spiro atoms. The number of aromatic amines is 1. The maximum Gasteiger partial charge on any atom is 0.147 e. The van der Waals surface area contributed by atoms with Crippen LogP contribution in [0.2, 0.25) is 0 Å². The van der Waals surface area contributed by atoms with Crippen molar-refractivity contribution in [2.45, 2.75) is 6.54 Å². The number of benzene rings is 2. The second kappa shape index (κ2) is 4.65. The second-order valence-electron chi connectivity index (χ2n) is 4.74. The van der Waals surface area contributed by atoms with Gasteiger partial charge >= 0.3 is 0 Å². The number of hydrogen-bond donors (Lipinski definition) is 2. The van der Waals surface area contributed by atoms with E-state index in [1.165, 1.54) is 38.1 Å². The molecule has 0 fully saturated rings. The molecule has 4 rings (SSSR count). The van der Waals surface area contributed by atoms with Crippen molar-refractivity contribution in [1.82, 2.24) is 9.36 Å². The number of nitrogens with one attached hydrogen (secondary N) is 2. The lowest BCUT2D eigenvalue weighted by Crippen LogP contribution is -2.00. The molecule has 0 amide bonds. The van der Waals surface area contributed by atoms with E-state index in [1.54, 1.807) is 0 Å². The summed E-state index contributed by atoms with van der Waals surface area (Å²) in [7, 11) is 0. The van der Waals surface area contributed by atoms with Crippen LogP contribution in [0.4, 0.5) is 5.82 Å². The Kier molecular flexibility index (Phi) is 2.67. The second-order valence-corrected chi connectivity index (χ2v) is 5.54. The average molecular weight is 279 g/mol. The number of nitrogens with zero attached hydrogens (tertiary/aromatic N) is 1. The minimum Gasteiger partial charge on any atom is -0.365 e. The van der Waals surface area contributed by atoms with Crippen LogP contribution in [-0.2, 0) is 6.54 Å². The third-order valence-electron chi connectivity index (χ3n) is 3.51. The molecule has 0 aliphatic carbocycles. The molecular formula is C16H13N3S. The van der Waals surface area contributed by atoms with Crippen LogP contribution in [0, 0.1) is 0 Å². The Morgan fingerprint density at radius 3 is 2.95 bits per heavy atom. The maximum absolute atomic E-state index is 4.50. The largest absolute Gasteiger partial charge is 0.365 e. The summed E-state index contributed by atoms with van der Waals surface area (Å²) in [5.74, 6) is 0.970. The van der Waals surface area contributed by atoms with E-state index in [4.69, 9.17) is 0 Å². The van der Waals surface area contributed by atoms with Crippen molar-refractivity contribution in [2.24, 2.45) is 0 Å². The molecule has 20 heavy (non-hydrogen) atoms. The summed E-state index contributed by atoms with van der Waals surface area (Å²) in [6.07, 6.45) is 1.98. The van der Waals surface area contributed by atoms with Crippen LogP contribution in [0.1, 0.15) is 5.56 Å². The van der Waals surface area contributed by atoms with E-state index in [0.29, 0.717) is 0 Å². The molecule has 0 saturated carbocycles. The Balaban J connectivity index is 1.66. The first-order valence-corrected chi connectivity index (χ1v) is 7.32. The lowest BCUT2D eigenvalue weighted by molar-refractivity contribution is 1.16. The van der Waals surface area contributed by atoms with Crippen LogP contribution in [-0.4, -0.2) is 9.36 Å². The van der Waals surface area contributed by atoms with Crippen LogP contribution in [0.5, 0.6) is 0 Å². The highest BCUT2D eigenvalue weighted by atomic mass is 32.1. The van der Waals surface area contributed by atoms with E-state index >= 15 is 0 Å². The number of anilines is 1. The molecule has 0 bridgehead atoms. The van der Waals surface area contributed by atoms with Crippen molar-refractivity contribution >= 4 is 38.3 Å². The molecule has 0 aliphatic rings. The molecule has 4 aromatic rings. The third-order valence-corrected chi connectivity index (χ3v) is 4.34. The Hall–Kier alpha value is -2.33. The van der Waals surface area contributed by atoms with Gasteiger partial charge in [-0.3, -0.25) is 0 Å². The van der Waals surface area contributed by atoms with Crippen molar-refractivity contribution in [3.63, 3.8) is 0 Å². The monoisotopic (exact) mass is 279 g/mol. The van der Waals surface area contributed by atoms with Gasteiger partial charge in [-0.25, -0.2) is 0 Å². The third kappa shape index (κ3) is 1.85. The summed E-state index contributed by atoms with van der Waals surface area (Å²) < 4.78 is 5.72. The fraction of sp³-hybridized carbons (Fsp3) is 0.0625. The zero-order valence-corrected chi connectivity index (χ0v) is 11.6. The maximum atomic E-state index is 4.50. The van der Waals surface area contributed by atoms with Gasteiger partial charge in [0.15, 0.2) is 0 Å². The van der Waals surface area contributed by atoms with Crippen molar-refractivity contribution in [3.8, 4) is 0 Å². The molecule has 0 aliphatic heterocycles. The topological polar surface area (TPSA) is 40.7 Å². The van der Waals surface area contributed by atoms with Gasteiger partial charge in [-0.05, 0) is 41.4 Å². The molecular weight excluding hydrogens is 266 g/mol. The minimum atomic E-state index is 0.781. The Morgan fingerprint density at radius 2 is 1.95 bits per heavy atom. The number of H-pyrrole nitrogens is 1. The van der Waals surface area contributed by atoms with Gasteiger partial charge in [0.1, 0.15) is 5.82 Å². The number of rotatable bonds is 3. The van der Waals surface area contributed by atoms with E-state index in [-0.39, 0.29) is 0 Å². The first kappa shape index (κ1) is 11.5. The predicted molar refractivity (Wildman–Crippen MR) is 85.2 cm³/mol. The van der Waals surface area contributed by atoms with Crippen molar-refractivity contribution in [1.29, 1.82) is 0 Å². The molecule has 2 aromatic carbocycles. The van der Waals surface area contributed by atoms with Crippen molar-refractivity contribution in [3.05, 3.63) is 60.3 Å². The number of hydrogen-bond acceptors (Lipinski definition) is 3. The molecule has 98 valence electrons. The lowest BCUT2D eigenvalue weighted by atomic mass is 10.1. The normalized spacial score (nSPS) is 11.2. The highest BCUT2D eigenvalue weighted by Crippen LogP contribution is 2.27. The molecule has 2 heterocycles. The van der Waals surface area contributed by atoms with E-state index in [9.17, 15) is 0 Å². The molecule has 0 radical (unpaired) electrons. The average Bonchev–Trinajstić information content (AvgIpc) is 3.12. The standard InChI is InChI=1S/C16H13N3S/c1-2-7-15-13(5-1)16(19-20-15)18-10-11-4-3-6-14-12(11)8-9-17-14/h1-9,17H,10H2,(H,18,19). The van der Waals surface area contributed by atoms with Crippen LogP contribution < -0.4 is 5.32 Å². The van der Waals surface area contributed by atoms with Gasteiger partial charge in [-0.2, -0.15) is 4.37 Å². The summed E-state index contributed by atoms with van der Waals surface area (Å²) in [5, 5.41) is 5.91. The SMILES string of the molecule is c1cc(CNc2nsc3ccccc23)c2cc[nH]c2c1. The summed E-state index contributed by atoms with van der Waals surface area (Å²) in [4.78, 5) is 3.24. The molecule has 0 saturated heterocycles. The van der Waals surface area contributed by atoms with Gasteiger partial charge in [0, 0.05) is 29.0 Å². The van der Waals surface area contributed by atoms with Crippen LogP contribution in [0.25, 0.3) is 21.0 Å². The van der Waals surface area contributed by atoms with Crippen molar-refractivity contribution in [2.75, 3.05) is 5.32 Å². The molecule has 4 heteroatoms. The fourth-order valence-electron chi connectivity index (χ4n) is 2.50. The van der Waals surface area contributed by atoms with E-state index < -0.39 is 0 Å². The van der Waals surface area contributed by atoms with E-state index in [0.717, 1.165) is 12.4 Å². The Morgan fingerprint density at radius 1 is 1.00 bits per heavy atom. The fourth-order valence-corrected chi connectivity index (χ4v) is 3.25. The summed E-state index contributed by atoms with van der Waals surface area (Å²) in [6.45, 7) is 0.781. The molecule has 2 N–H and O–H groups in total. The lowest BCUT2D eigenvalue weighted by Gasteiger charge is -2.05. The molecule has 0 unspecified atom stereocenters. The smallest absolute Gasteiger partial charge is 0.147 e. The predicted octanol–water partition coefficient (Wildman–Crippen LogP) is 4.39. The highest BCUT2D eigenvalue weighted by Gasteiger charge is 2.06. The summed E-state index contributed by atoms with van der Waals surface area (Å²) >= 11 is 1.54. The first-order valence-electron chi connectivity index (χ1n) is 6.55. The number of aromatic nitrogens is 2. The Labute approximate surface area is 120 Å². The zero-order valence-electron chi connectivity index (χ0n) is 10.8. The summed E-state index contributed by atoms with van der Waals surface area (Å²) in [6, 6.07) is 16.7. The zero-order chi connectivity index (χ0) is 13.4. The van der Waals surface area contributed by atoms with Crippen LogP contribution in [0.3, 0.4) is 0 Å².